The fourth-order valence-electron chi connectivity index (χ4n) is 2.00. The van der Waals surface area contributed by atoms with Crippen molar-refractivity contribution in [2.75, 3.05) is 33.9 Å². The van der Waals surface area contributed by atoms with Gasteiger partial charge in [0.1, 0.15) is 0 Å². The molecular formula is C14H25N2O8P. The number of ether oxygens (including phenoxy) is 2. The number of nitrogens with one attached hydrogen (secondary N) is 2. The number of hydrogen-bond acceptors (Lipinski definition) is 8. The molecule has 0 aromatic rings. The van der Waals surface area contributed by atoms with Crippen molar-refractivity contribution in [3.63, 3.8) is 0 Å². The van der Waals surface area contributed by atoms with Crippen LogP contribution in [0.15, 0.2) is 0 Å². The van der Waals surface area contributed by atoms with Gasteiger partial charge in [0.2, 0.25) is 5.91 Å². The first-order valence-electron chi connectivity index (χ1n) is 7.73. The summed E-state index contributed by atoms with van der Waals surface area (Å²) in [6, 6.07) is 0. The Morgan fingerprint density at radius 3 is 2.24 bits per heavy atom. The zero-order valence-electron chi connectivity index (χ0n) is 14.8. The van der Waals surface area contributed by atoms with Gasteiger partial charge in [-0.15, -0.1) is 0 Å². The molecule has 0 bridgehead atoms. The highest BCUT2D eigenvalue weighted by Gasteiger charge is 2.47. The van der Waals surface area contributed by atoms with Crippen LogP contribution in [0.3, 0.4) is 0 Å². The number of carbonyl (C=O) groups is 3. The van der Waals surface area contributed by atoms with Crippen molar-refractivity contribution in [1.29, 1.82) is 0 Å². The molecule has 11 heteroatoms. The van der Waals surface area contributed by atoms with E-state index in [0.29, 0.717) is 0 Å². The summed E-state index contributed by atoms with van der Waals surface area (Å²) >= 11 is 0. The summed E-state index contributed by atoms with van der Waals surface area (Å²) in [5.74, 6) is -1.44. The van der Waals surface area contributed by atoms with E-state index in [4.69, 9.17) is 9.05 Å². The van der Waals surface area contributed by atoms with Crippen LogP contribution in [0.5, 0.6) is 0 Å². The lowest BCUT2D eigenvalue weighted by molar-refractivity contribution is -0.142. The van der Waals surface area contributed by atoms with Gasteiger partial charge in [-0.25, -0.2) is 9.65 Å². The van der Waals surface area contributed by atoms with Crippen molar-refractivity contribution in [2.45, 2.75) is 32.8 Å². The third-order valence-corrected chi connectivity index (χ3v) is 5.09. The minimum atomic E-state index is -3.74. The van der Waals surface area contributed by atoms with E-state index in [-0.39, 0.29) is 32.5 Å². The maximum absolute atomic E-state index is 12.6. The zero-order chi connectivity index (χ0) is 19.1. The van der Waals surface area contributed by atoms with E-state index < -0.39 is 37.1 Å². The van der Waals surface area contributed by atoms with Crippen LogP contribution >= 0.6 is 7.75 Å². The molecule has 1 fully saturated rings. The van der Waals surface area contributed by atoms with E-state index in [9.17, 15) is 18.9 Å². The van der Waals surface area contributed by atoms with Crippen molar-refractivity contribution < 1.29 is 37.5 Å². The summed E-state index contributed by atoms with van der Waals surface area (Å²) in [6.07, 6.45) is -1.05. The number of amides is 1. The Kier molecular flexibility index (Phi) is 8.01. The molecule has 0 radical (unpaired) electrons. The van der Waals surface area contributed by atoms with E-state index in [1.165, 1.54) is 14.2 Å². The Balaban J connectivity index is 2.63. The van der Waals surface area contributed by atoms with Crippen LogP contribution in [0.25, 0.3) is 0 Å². The first kappa shape index (κ1) is 21.6. The Morgan fingerprint density at radius 2 is 1.68 bits per heavy atom. The number of carbonyl (C=O) groups excluding carboxylic acids is 3. The van der Waals surface area contributed by atoms with Crippen LogP contribution in [0.1, 0.15) is 26.7 Å². The quantitative estimate of drug-likeness (QED) is 0.453. The van der Waals surface area contributed by atoms with Crippen molar-refractivity contribution in [3.05, 3.63) is 0 Å². The Labute approximate surface area is 146 Å². The standard InChI is InChI=1S/C14H25N2O8P/c1-14(2)9-23-25(20,16-8-6-11(18)22-4)24-12(14)13(19)15-7-5-10(17)21-3/h12H,5-9H2,1-4H3,(H,15,19)(H,16,20)/t12-,25-/m0/s1. The monoisotopic (exact) mass is 380 g/mol. The molecule has 0 aromatic heterocycles. The minimum Gasteiger partial charge on any atom is -0.469 e. The van der Waals surface area contributed by atoms with Crippen LogP contribution in [0.4, 0.5) is 0 Å². The molecule has 2 N–H and O–H groups in total. The molecule has 1 rings (SSSR count). The first-order valence-corrected chi connectivity index (χ1v) is 9.27. The summed E-state index contributed by atoms with van der Waals surface area (Å²) in [7, 11) is -1.24. The fourth-order valence-corrected chi connectivity index (χ4v) is 3.78. The highest BCUT2D eigenvalue weighted by atomic mass is 31.2. The predicted octanol–water partition coefficient (Wildman–Crippen LogP) is 0.368. The van der Waals surface area contributed by atoms with Crippen molar-refractivity contribution in [2.24, 2.45) is 5.41 Å². The largest absolute Gasteiger partial charge is 0.469 e. The number of rotatable bonds is 8. The molecule has 0 aliphatic carbocycles. The lowest BCUT2D eigenvalue weighted by atomic mass is 9.87. The summed E-state index contributed by atoms with van der Waals surface area (Å²) < 4.78 is 32.2. The van der Waals surface area contributed by atoms with Gasteiger partial charge in [-0.1, -0.05) is 13.8 Å². The van der Waals surface area contributed by atoms with Gasteiger partial charge in [0.15, 0.2) is 6.10 Å². The van der Waals surface area contributed by atoms with Gasteiger partial charge in [0.05, 0.1) is 33.7 Å². The van der Waals surface area contributed by atoms with Crippen molar-refractivity contribution in [1.82, 2.24) is 10.4 Å². The first-order chi connectivity index (χ1) is 11.6. The Bertz CT molecular complexity index is 551. The van der Waals surface area contributed by atoms with Crippen LogP contribution in [0, 0.1) is 5.41 Å². The molecule has 2 atom stereocenters. The summed E-state index contributed by atoms with van der Waals surface area (Å²) in [5.41, 5.74) is -0.729. The van der Waals surface area contributed by atoms with Gasteiger partial charge in [0.25, 0.3) is 0 Å². The van der Waals surface area contributed by atoms with Gasteiger partial charge >= 0.3 is 19.7 Å². The second-order valence-corrected chi connectivity index (χ2v) is 7.88. The molecule has 1 aliphatic heterocycles. The molecule has 1 aliphatic rings. The Morgan fingerprint density at radius 1 is 1.12 bits per heavy atom. The maximum atomic E-state index is 12.6. The summed E-state index contributed by atoms with van der Waals surface area (Å²) in [4.78, 5) is 34.5. The van der Waals surface area contributed by atoms with Gasteiger partial charge in [-0.3, -0.25) is 23.4 Å². The topological polar surface area (TPSA) is 129 Å². The van der Waals surface area contributed by atoms with Crippen LogP contribution in [-0.4, -0.2) is 57.9 Å². The molecule has 1 amide bonds. The van der Waals surface area contributed by atoms with Crippen LogP contribution < -0.4 is 10.4 Å². The number of esters is 2. The molecule has 1 heterocycles. The maximum Gasteiger partial charge on any atom is 0.406 e. The molecule has 144 valence electrons. The lowest BCUT2D eigenvalue weighted by Gasteiger charge is -2.40. The molecule has 10 nitrogen and oxygen atoms in total. The fraction of sp³-hybridized carbons (Fsp3) is 0.786. The van der Waals surface area contributed by atoms with Crippen LogP contribution in [-0.2, 0) is 37.5 Å². The highest BCUT2D eigenvalue weighted by Crippen LogP contribution is 2.53. The second kappa shape index (κ2) is 9.28. The lowest BCUT2D eigenvalue weighted by Crippen LogP contribution is -2.50. The normalized spacial score (nSPS) is 25.0. The van der Waals surface area contributed by atoms with E-state index in [1.54, 1.807) is 13.8 Å². The van der Waals surface area contributed by atoms with E-state index in [2.05, 4.69) is 19.9 Å². The van der Waals surface area contributed by atoms with Crippen LogP contribution in [0.2, 0.25) is 0 Å². The van der Waals surface area contributed by atoms with E-state index >= 15 is 0 Å². The highest BCUT2D eigenvalue weighted by molar-refractivity contribution is 7.51. The molecule has 0 saturated carbocycles. The molecular weight excluding hydrogens is 355 g/mol. The van der Waals surface area contributed by atoms with Gasteiger partial charge in [0, 0.05) is 18.5 Å². The van der Waals surface area contributed by atoms with Crippen molar-refractivity contribution >= 4 is 25.6 Å². The van der Waals surface area contributed by atoms with Gasteiger partial charge < -0.3 is 14.8 Å². The van der Waals surface area contributed by atoms with E-state index in [1.807, 2.05) is 0 Å². The van der Waals surface area contributed by atoms with Gasteiger partial charge in [-0.05, 0) is 0 Å². The summed E-state index contributed by atoms with van der Waals surface area (Å²) in [5, 5.41) is 5.08. The Hall–Kier alpha value is -1.48. The molecule has 0 aromatic carbocycles. The zero-order valence-corrected chi connectivity index (χ0v) is 15.7. The van der Waals surface area contributed by atoms with Gasteiger partial charge in [-0.2, -0.15) is 0 Å². The second-order valence-electron chi connectivity index (χ2n) is 6.10. The molecule has 1 saturated heterocycles. The average molecular weight is 380 g/mol. The van der Waals surface area contributed by atoms with E-state index in [0.717, 1.165) is 0 Å². The third-order valence-electron chi connectivity index (χ3n) is 3.52. The smallest absolute Gasteiger partial charge is 0.406 e. The minimum absolute atomic E-state index is 0.0148. The number of hydrogen-bond donors (Lipinski definition) is 2. The average Bonchev–Trinajstić information content (AvgIpc) is 2.56. The number of methoxy groups -OCH3 is 2. The molecule has 0 spiro atoms. The molecule has 0 unspecified atom stereocenters. The SMILES string of the molecule is COC(=O)CCNC(=O)[C@@H]1O[P@](=O)(NCCC(=O)OC)OCC1(C)C. The van der Waals surface area contributed by atoms with Crippen molar-refractivity contribution in [3.8, 4) is 0 Å². The summed E-state index contributed by atoms with van der Waals surface area (Å²) in [6.45, 7) is 3.57. The third kappa shape index (κ3) is 6.74. The molecule has 25 heavy (non-hydrogen) atoms. The predicted molar refractivity (Wildman–Crippen MR) is 86.5 cm³/mol.